The zero-order valence-electron chi connectivity index (χ0n) is 23.7. The topological polar surface area (TPSA) is 93.2 Å². The van der Waals surface area contributed by atoms with Gasteiger partial charge >= 0.3 is 12.1 Å². The number of aromatic nitrogens is 1. The minimum atomic E-state index is -0.590. The van der Waals surface area contributed by atoms with E-state index in [1.165, 1.54) is 7.11 Å². The molecular weight excluding hydrogens is 532 g/mol. The van der Waals surface area contributed by atoms with Gasteiger partial charge in [-0.1, -0.05) is 29.8 Å². The molecule has 10 heteroatoms. The molecule has 0 aliphatic carbocycles. The number of methoxy groups -OCH3 is 1. The van der Waals surface area contributed by atoms with E-state index in [4.69, 9.17) is 25.8 Å². The van der Waals surface area contributed by atoms with Gasteiger partial charge < -0.3 is 29.3 Å². The summed E-state index contributed by atoms with van der Waals surface area (Å²) in [7, 11) is 3.09. The highest BCUT2D eigenvalue weighted by Crippen LogP contribution is 2.38. The van der Waals surface area contributed by atoms with Crippen molar-refractivity contribution in [1.29, 1.82) is 0 Å². The number of anilines is 2. The molecule has 1 N–H and O–H groups in total. The van der Waals surface area contributed by atoms with E-state index in [9.17, 15) is 9.59 Å². The number of carbonyl (C=O) groups excluding carboxylic acids is 2. The molecule has 1 aliphatic rings. The molecule has 2 aromatic carbocycles. The summed E-state index contributed by atoms with van der Waals surface area (Å²) >= 11 is 6.29. The van der Waals surface area contributed by atoms with Crippen LogP contribution in [0.5, 0.6) is 11.5 Å². The molecule has 1 amide bonds. The van der Waals surface area contributed by atoms with E-state index in [0.717, 1.165) is 16.8 Å². The lowest BCUT2D eigenvalue weighted by atomic mass is 10.0. The Bertz CT molecular complexity index is 1370. The van der Waals surface area contributed by atoms with Crippen LogP contribution in [0.2, 0.25) is 5.02 Å². The number of piperazine rings is 1. The van der Waals surface area contributed by atoms with Crippen molar-refractivity contribution in [2.45, 2.75) is 39.3 Å². The number of benzene rings is 2. The summed E-state index contributed by atoms with van der Waals surface area (Å²) in [6.45, 7) is 9.62. The largest absolute Gasteiger partial charge is 0.465 e. The highest BCUT2D eigenvalue weighted by molar-refractivity contribution is 6.34. The monoisotopic (exact) mass is 566 g/mol. The molecule has 0 unspecified atom stereocenters. The maximum Gasteiger partial charge on any atom is 0.410 e. The molecule has 0 bridgehead atoms. The standard InChI is InChI=1S/C30H35ClN4O5/c1-19-18-34(14-15-35(19)29(37)40-30(2,3)4)21-12-10-20(11-13-21)22-16-26(32-5)33-17-25(22)39-24-9-7-8-23(31)27(24)28(36)38-6/h7-13,16-17,19H,14-15,18H2,1-6H3,(H,32,33)/t19-/m0/s1. The Kier molecular flexibility index (Phi) is 8.73. The number of hydrogen-bond acceptors (Lipinski definition) is 8. The van der Waals surface area contributed by atoms with Gasteiger partial charge in [-0.3, -0.25) is 0 Å². The second kappa shape index (κ2) is 12.0. The van der Waals surface area contributed by atoms with Crippen LogP contribution < -0.4 is 15.0 Å². The molecule has 1 atom stereocenters. The summed E-state index contributed by atoms with van der Waals surface area (Å²) < 4.78 is 16.7. The van der Waals surface area contributed by atoms with Crippen molar-refractivity contribution in [2.24, 2.45) is 0 Å². The van der Waals surface area contributed by atoms with Crippen LogP contribution in [0.1, 0.15) is 38.1 Å². The van der Waals surface area contributed by atoms with E-state index >= 15 is 0 Å². The first-order valence-electron chi connectivity index (χ1n) is 13.1. The Labute approximate surface area is 240 Å². The van der Waals surface area contributed by atoms with Gasteiger partial charge in [0.05, 0.1) is 18.3 Å². The third kappa shape index (κ3) is 6.59. The van der Waals surface area contributed by atoms with Gasteiger partial charge in [0.2, 0.25) is 0 Å². The number of esters is 1. The van der Waals surface area contributed by atoms with Crippen molar-refractivity contribution in [3.05, 3.63) is 65.3 Å². The molecule has 1 saturated heterocycles. The van der Waals surface area contributed by atoms with Crippen LogP contribution in [0.3, 0.4) is 0 Å². The summed E-state index contributed by atoms with van der Waals surface area (Å²) in [5.74, 6) is 0.803. The maximum absolute atomic E-state index is 12.6. The normalized spacial score (nSPS) is 15.4. The molecule has 1 aliphatic heterocycles. The third-order valence-corrected chi connectivity index (χ3v) is 6.82. The van der Waals surface area contributed by atoms with Crippen molar-refractivity contribution < 1.29 is 23.8 Å². The zero-order chi connectivity index (χ0) is 29.0. The summed E-state index contributed by atoms with van der Waals surface area (Å²) in [6, 6.07) is 15.0. The van der Waals surface area contributed by atoms with Crippen molar-refractivity contribution in [3.63, 3.8) is 0 Å². The Morgan fingerprint density at radius 2 is 1.80 bits per heavy atom. The molecule has 0 radical (unpaired) electrons. The third-order valence-electron chi connectivity index (χ3n) is 6.51. The molecule has 9 nitrogen and oxygen atoms in total. The van der Waals surface area contributed by atoms with Crippen LogP contribution in [0.25, 0.3) is 11.1 Å². The van der Waals surface area contributed by atoms with Gasteiger partial charge in [0.25, 0.3) is 0 Å². The van der Waals surface area contributed by atoms with Crippen molar-refractivity contribution >= 4 is 35.2 Å². The number of amides is 1. The lowest BCUT2D eigenvalue weighted by molar-refractivity contribution is 0.0159. The summed E-state index contributed by atoms with van der Waals surface area (Å²) in [4.78, 5) is 33.4. The highest BCUT2D eigenvalue weighted by Gasteiger charge is 2.31. The van der Waals surface area contributed by atoms with Crippen LogP contribution in [0.15, 0.2) is 54.7 Å². The van der Waals surface area contributed by atoms with Gasteiger partial charge in [-0.05, 0) is 63.6 Å². The number of rotatable bonds is 6. The van der Waals surface area contributed by atoms with Crippen LogP contribution in [0.4, 0.5) is 16.3 Å². The number of ether oxygens (including phenoxy) is 3. The predicted molar refractivity (Wildman–Crippen MR) is 157 cm³/mol. The maximum atomic E-state index is 12.6. The van der Waals surface area contributed by atoms with Crippen LogP contribution in [-0.2, 0) is 9.47 Å². The predicted octanol–water partition coefficient (Wildman–Crippen LogP) is 6.47. The SMILES string of the molecule is CNc1cc(-c2ccc(N3CCN(C(=O)OC(C)(C)C)[C@@H](C)C3)cc2)c(Oc2cccc(Cl)c2C(=O)OC)cn1. The van der Waals surface area contributed by atoms with Gasteiger partial charge in [-0.15, -0.1) is 0 Å². The second-order valence-electron chi connectivity index (χ2n) is 10.5. The number of nitrogens with one attached hydrogen (secondary N) is 1. The lowest BCUT2D eigenvalue weighted by Crippen LogP contribution is -2.55. The second-order valence-corrected chi connectivity index (χ2v) is 10.9. The highest BCUT2D eigenvalue weighted by atomic mass is 35.5. The average Bonchev–Trinajstić information content (AvgIpc) is 2.92. The van der Waals surface area contributed by atoms with Gasteiger partial charge in [-0.2, -0.15) is 0 Å². The lowest BCUT2D eigenvalue weighted by Gasteiger charge is -2.41. The van der Waals surface area contributed by atoms with Crippen molar-refractivity contribution in [3.8, 4) is 22.6 Å². The van der Waals surface area contributed by atoms with E-state index in [1.54, 1.807) is 36.3 Å². The molecule has 4 rings (SSSR count). The van der Waals surface area contributed by atoms with Crippen molar-refractivity contribution in [2.75, 3.05) is 44.0 Å². The molecule has 0 spiro atoms. The quantitative estimate of drug-likeness (QED) is 0.339. The molecule has 1 aromatic heterocycles. The summed E-state index contributed by atoms with van der Waals surface area (Å²) in [5, 5.41) is 3.29. The molecule has 40 heavy (non-hydrogen) atoms. The first kappa shape index (κ1) is 29.0. The number of halogens is 1. The van der Waals surface area contributed by atoms with Crippen LogP contribution >= 0.6 is 11.6 Å². The Balaban J connectivity index is 1.57. The molecule has 3 aromatic rings. The van der Waals surface area contributed by atoms with Gasteiger partial charge in [-0.25, -0.2) is 14.6 Å². The first-order valence-corrected chi connectivity index (χ1v) is 13.5. The summed E-state index contributed by atoms with van der Waals surface area (Å²) in [5.41, 5.74) is 2.35. The van der Waals surface area contributed by atoms with Gasteiger partial charge in [0, 0.05) is 44.0 Å². The zero-order valence-corrected chi connectivity index (χ0v) is 24.4. The Morgan fingerprint density at radius 1 is 1.07 bits per heavy atom. The molecular formula is C30H35ClN4O5. The van der Waals surface area contributed by atoms with Crippen molar-refractivity contribution in [1.82, 2.24) is 9.88 Å². The molecule has 1 fully saturated rings. The average molecular weight is 567 g/mol. The number of carbonyl (C=O) groups is 2. The smallest absolute Gasteiger partial charge is 0.410 e. The fourth-order valence-electron chi connectivity index (χ4n) is 4.53. The Morgan fingerprint density at radius 3 is 2.42 bits per heavy atom. The fourth-order valence-corrected chi connectivity index (χ4v) is 4.77. The Hall–Kier alpha value is -3.98. The van der Waals surface area contributed by atoms with Crippen LogP contribution in [0, 0.1) is 0 Å². The first-order chi connectivity index (χ1) is 19.0. The van der Waals surface area contributed by atoms with Crippen LogP contribution in [-0.4, -0.2) is 67.4 Å². The number of pyridine rings is 1. The molecule has 212 valence electrons. The molecule has 0 saturated carbocycles. The fraction of sp³-hybridized carbons (Fsp3) is 0.367. The summed E-state index contributed by atoms with van der Waals surface area (Å²) in [6.07, 6.45) is 1.32. The minimum absolute atomic E-state index is 0.00312. The number of nitrogens with zero attached hydrogens (tertiary/aromatic N) is 3. The van der Waals surface area contributed by atoms with E-state index in [2.05, 4.69) is 15.2 Å². The molecule has 2 heterocycles. The van der Waals surface area contributed by atoms with E-state index in [-0.39, 0.29) is 28.5 Å². The van der Waals surface area contributed by atoms with Gasteiger partial charge in [0.15, 0.2) is 5.75 Å². The minimum Gasteiger partial charge on any atom is -0.465 e. The van der Waals surface area contributed by atoms with E-state index in [1.807, 2.05) is 58.0 Å². The number of hydrogen-bond donors (Lipinski definition) is 1. The van der Waals surface area contributed by atoms with Gasteiger partial charge in [0.1, 0.15) is 22.7 Å². The van der Waals surface area contributed by atoms with E-state index < -0.39 is 11.6 Å². The van der Waals surface area contributed by atoms with E-state index in [0.29, 0.717) is 31.2 Å².